The summed E-state index contributed by atoms with van der Waals surface area (Å²) in [4.78, 5) is 24.7. The van der Waals surface area contributed by atoms with Crippen molar-refractivity contribution in [1.29, 1.82) is 0 Å². The van der Waals surface area contributed by atoms with Crippen molar-refractivity contribution in [3.63, 3.8) is 0 Å². The molecule has 1 aromatic heterocycles. The van der Waals surface area contributed by atoms with E-state index >= 15 is 0 Å². The monoisotopic (exact) mass is 388 g/mol. The Hall–Kier alpha value is -2.34. The van der Waals surface area contributed by atoms with E-state index in [2.05, 4.69) is 38.2 Å². The highest BCUT2D eigenvalue weighted by Gasteiger charge is 2.18. The summed E-state index contributed by atoms with van der Waals surface area (Å²) in [6.07, 6.45) is 0.899. The van der Waals surface area contributed by atoms with Crippen molar-refractivity contribution < 1.29 is 14.3 Å². The van der Waals surface area contributed by atoms with E-state index in [1.807, 2.05) is 26.0 Å². The maximum Gasteiger partial charge on any atom is 0.251 e. The van der Waals surface area contributed by atoms with Crippen LogP contribution in [0.2, 0.25) is 0 Å². The van der Waals surface area contributed by atoms with Crippen molar-refractivity contribution in [3.8, 4) is 5.75 Å². The average molecular weight is 389 g/mol. The number of thiophene rings is 1. The van der Waals surface area contributed by atoms with Crippen LogP contribution in [-0.4, -0.2) is 18.4 Å². The summed E-state index contributed by atoms with van der Waals surface area (Å²) in [6.45, 7) is 10.7. The molecule has 0 unspecified atom stereocenters. The molecular weight excluding hydrogens is 360 g/mol. The normalized spacial score (nSPS) is 11.3. The fourth-order valence-electron chi connectivity index (χ4n) is 2.67. The molecule has 0 radical (unpaired) electrons. The Morgan fingerprint density at radius 1 is 1.15 bits per heavy atom. The zero-order valence-electron chi connectivity index (χ0n) is 16.6. The molecule has 0 bridgehead atoms. The van der Waals surface area contributed by atoms with E-state index in [1.165, 1.54) is 16.9 Å². The quantitative estimate of drug-likeness (QED) is 0.682. The number of ether oxygens (including phenoxy) is 1. The number of carbonyl (C=O) groups is 2. The summed E-state index contributed by atoms with van der Waals surface area (Å²) in [7, 11) is 0. The van der Waals surface area contributed by atoms with Gasteiger partial charge in [-0.2, -0.15) is 0 Å². The van der Waals surface area contributed by atoms with E-state index < -0.39 is 5.91 Å². The number of nitrogens with two attached hydrogens (primary N) is 1. The van der Waals surface area contributed by atoms with Crippen LogP contribution in [0.15, 0.2) is 24.3 Å². The molecule has 0 atom stereocenters. The molecule has 0 aliphatic carbocycles. The van der Waals surface area contributed by atoms with Crippen LogP contribution in [0, 0.1) is 13.8 Å². The van der Waals surface area contributed by atoms with Gasteiger partial charge < -0.3 is 15.8 Å². The van der Waals surface area contributed by atoms with Gasteiger partial charge in [-0.05, 0) is 48.9 Å². The van der Waals surface area contributed by atoms with Crippen molar-refractivity contribution >= 4 is 28.2 Å². The van der Waals surface area contributed by atoms with Gasteiger partial charge in [0.25, 0.3) is 5.91 Å². The summed E-state index contributed by atoms with van der Waals surface area (Å²) < 4.78 is 5.71. The molecule has 0 aliphatic rings. The molecule has 0 saturated heterocycles. The minimum absolute atomic E-state index is 0.110. The molecule has 6 heteroatoms. The van der Waals surface area contributed by atoms with Gasteiger partial charge in [-0.25, -0.2) is 0 Å². The largest absolute Gasteiger partial charge is 0.494 e. The lowest BCUT2D eigenvalue weighted by atomic mass is 9.87. The van der Waals surface area contributed by atoms with Gasteiger partial charge in [-0.15, -0.1) is 11.3 Å². The Kier molecular flexibility index (Phi) is 6.65. The first-order valence-corrected chi connectivity index (χ1v) is 9.84. The molecule has 1 aromatic carbocycles. The smallest absolute Gasteiger partial charge is 0.251 e. The van der Waals surface area contributed by atoms with E-state index in [4.69, 9.17) is 10.5 Å². The minimum atomic E-state index is -0.519. The maximum atomic E-state index is 12.2. The summed E-state index contributed by atoms with van der Waals surface area (Å²) in [5, 5.41) is 3.33. The topological polar surface area (TPSA) is 81.4 Å². The standard InChI is InChI=1S/C21H28N2O3S/c1-13-14(2)27-20(18(13)19(22)25)23-17(24)7-6-12-26-16-10-8-15(9-11-16)21(3,4)5/h8-11H,6-7,12H2,1-5H3,(H2,22,25)(H,23,24). The van der Waals surface area contributed by atoms with E-state index in [1.54, 1.807) is 0 Å². The van der Waals surface area contributed by atoms with E-state index in [9.17, 15) is 9.59 Å². The first-order valence-electron chi connectivity index (χ1n) is 9.02. The number of carbonyl (C=O) groups excluding carboxylic acids is 2. The number of nitrogens with one attached hydrogen (secondary N) is 1. The third-order valence-corrected chi connectivity index (χ3v) is 5.54. The van der Waals surface area contributed by atoms with Gasteiger partial charge >= 0.3 is 0 Å². The lowest BCUT2D eigenvalue weighted by molar-refractivity contribution is -0.116. The van der Waals surface area contributed by atoms with Crippen LogP contribution in [0.1, 0.15) is 60.0 Å². The van der Waals surface area contributed by atoms with Crippen LogP contribution >= 0.6 is 11.3 Å². The Morgan fingerprint density at radius 2 is 1.78 bits per heavy atom. The third-order valence-electron chi connectivity index (χ3n) is 4.42. The molecule has 5 nitrogen and oxygen atoms in total. The molecule has 2 rings (SSSR count). The predicted molar refractivity (Wildman–Crippen MR) is 111 cm³/mol. The highest BCUT2D eigenvalue weighted by molar-refractivity contribution is 7.16. The Bertz CT molecular complexity index is 817. The number of amides is 2. The molecule has 1 heterocycles. The van der Waals surface area contributed by atoms with Gasteiger partial charge in [0.2, 0.25) is 5.91 Å². The molecule has 0 fully saturated rings. The molecule has 3 N–H and O–H groups in total. The second-order valence-electron chi connectivity index (χ2n) is 7.63. The highest BCUT2D eigenvalue weighted by atomic mass is 32.1. The first kappa shape index (κ1) is 21.0. The molecule has 0 spiro atoms. The zero-order chi connectivity index (χ0) is 20.2. The average Bonchev–Trinajstić information content (AvgIpc) is 2.85. The zero-order valence-corrected chi connectivity index (χ0v) is 17.5. The summed E-state index contributed by atoms with van der Waals surface area (Å²) in [6, 6.07) is 8.04. The van der Waals surface area contributed by atoms with Gasteiger partial charge in [-0.3, -0.25) is 9.59 Å². The predicted octanol–water partition coefficient (Wildman–Crippen LogP) is 4.56. The molecule has 146 valence electrons. The number of hydrogen-bond acceptors (Lipinski definition) is 4. The van der Waals surface area contributed by atoms with E-state index in [0.29, 0.717) is 30.0 Å². The van der Waals surface area contributed by atoms with Crippen LogP contribution in [0.25, 0.3) is 0 Å². The second-order valence-corrected chi connectivity index (χ2v) is 8.85. The minimum Gasteiger partial charge on any atom is -0.494 e. The van der Waals surface area contributed by atoms with Crippen molar-refractivity contribution in [2.45, 2.75) is 52.9 Å². The second kappa shape index (κ2) is 8.57. The van der Waals surface area contributed by atoms with Crippen LogP contribution in [0.4, 0.5) is 5.00 Å². The van der Waals surface area contributed by atoms with Crippen LogP contribution < -0.4 is 15.8 Å². The fourth-order valence-corrected chi connectivity index (χ4v) is 3.76. The maximum absolute atomic E-state index is 12.2. The Morgan fingerprint density at radius 3 is 2.33 bits per heavy atom. The first-order chi connectivity index (χ1) is 12.6. The number of benzene rings is 1. The lowest BCUT2D eigenvalue weighted by Gasteiger charge is -2.19. The number of hydrogen-bond donors (Lipinski definition) is 2. The number of rotatable bonds is 7. The van der Waals surface area contributed by atoms with Crippen LogP contribution in [-0.2, 0) is 10.2 Å². The van der Waals surface area contributed by atoms with E-state index in [-0.39, 0.29) is 11.3 Å². The SMILES string of the molecule is Cc1sc(NC(=O)CCCOc2ccc(C(C)(C)C)cc2)c(C(N)=O)c1C. The van der Waals surface area contributed by atoms with Crippen molar-refractivity contribution in [2.75, 3.05) is 11.9 Å². The van der Waals surface area contributed by atoms with Gasteiger partial charge in [0.15, 0.2) is 0 Å². The summed E-state index contributed by atoms with van der Waals surface area (Å²) in [5.74, 6) is 0.128. The highest BCUT2D eigenvalue weighted by Crippen LogP contribution is 2.32. The summed E-state index contributed by atoms with van der Waals surface area (Å²) in [5.41, 5.74) is 8.01. The van der Waals surface area contributed by atoms with Crippen molar-refractivity contribution in [3.05, 3.63) is 45.8 Å². The fraction of sp³-hybridized carbons (Fsp3) is 0.429. The molecule has 2 amide bonds. The van der Waals surface area contributed by atoms with Gasteiger partial charge in [-0.1, -0.05) is 32.9 Å². The number of primary amides is 1. The lowest BCUT2D eigenvalue weighted by Crippen LogP contribution is -2.17. The van der Waals surface area contributed by atoms with E-state index in [0.717, 1.165) is 16.2 Å². The third kappa shape index (κ3) is 5.57. The van der Waals surface area contributed by atoms with Gasteiger partial charge in [0.1, 0.15) is 10.8 Å². The van der Waals surface area contributed by atoms with Gasteiger partial charge in [0, 0.05) is 11.3 Å². The molecule has 2 aromatic rings. The van der Waals surface area contributed by atoms with Crippen molar-refractivity contribution in [1.82, 2.24) is 0 Å². The van der Waals surface area contributed by atoms with Crippen LogP contribution in [0.5, 0.6) is 5.75 Å². The van der Waals surface area contributed by atoms with Crippen molar-refractivity contribution in [2.24, 2.45) is 5.73 Å². The van der Waals surface area contributed by atoms with Gasteiger partial charge in [0.05, 0.1) is 12.2 Å². The Labute approximate surface area is 164 Å². The molecule has 0 saturated carbocycles. The molecule has 27 heavy (non-hydrogen) atoms. The summed E-state index contributed by atoms with van der Waals surface area (Å²) >= 11 is 1.37. The number of aryl methyl sites for hydroxylation is 1. The Balaban J connectivity index is 1.82. The number of anilines is 1. The van der Waals surface area contributed by atoms with Crippen LogP contribution in [0.3, 0.4) is 0 Å². The molecule has 0 aliphatic heterocycles. The molecular formula is C21H28N2O3S.